The molecule has 0 saturated carbocycles. The molecule has 0 aliphatic carbocycles. The number of rotatable bonds is 2. The SMILES string of the molecule is Cc1cccc(C(=O)c2cc(Cl)cnc2N)n1. The molecule has 0 bridgehead atoms. The van der Waals surface area contributed by atoms with Gasteiger partial charge in [0.05, 0.1) is 10.6 Å². The van der Waals surface area contributed by atoms with Crippen LogP contribution in [0.1, 0.15) is 21.7 Å². The lowest BCUT2D eigenvalue weighted by molar-refractivity contribution is 0.103. The number of halogens is 1. The van der Waals surface area contributed by atoms with Crippen molar-refractivity contribution in [3.05, 3.63) is 52.4 Å². The maximum atomic E-state index is 12.1. The highest BCUT2D eigenvalue weighted by Crippen LogP contribution is 2.18. The highest BCUT2D eigenvalue weighted by Gasteiger charge is 2.15. The summed E-state index contributed by atoms with van der Waals surface area (Å²) in [6.45, 7) is 1.82. The van der Waals surface area contributed by atoms with Crippen molar-refractivity contribution in [1.29, 1.82) is 0 Å². The number of nitrogens with two attached hydrogens (primary N) is 1. The fourth-order valence-electron chi connectivity index (χ4n) is 1.44. The van der Waals surface area contributed by atoms with Crippen molar-refractivity contribution in [2.75, 3.05) is 5.73 Å². The van der Waals surface area contributed by atoms with Gasteiger partial charge in [0, 0.05) is 11.9 Å². The van der Waals surface area contributed by atoms with Crippen molar-refractivity contribution in [2.24, 2.45) is 0 Å². The molecule has 0 amide bonds. The van der Waals surface area contributed by atoms with Crippen LogP contribution < -0.4 is 5.73 Å². The second-order valence-electron chi connectivity index (χ2n) is 3.58. The second-order valence-corrected chi connectivity index (χ2v) is 4.02. The summed E-state index contributed by atoms with van der Waals surface area (Å²) in [4.78, 5) is 20.1. The molecule has 2 N–H and O–H groups in total. The number of ketones is 1. The van der Waals surface area contributed by atoms with Gasteiger partial charge in [-0.1, -0.05) is 17.7 Å². The number of nitrogen functional groups attached to an aromatic ring is 1. The summed E-state index contributed by atoms with van der Waals surface area (Å²) in [5.41, 5.74) is 7.02. The minimum Gasteiger partial charge on any atom is -0.383 e. The molecule has 17 heavy (non-hydrogen) atoms. The van der Waals surface area contributed by atoms with Crippen molar-refractivity contribution in [3.8, 4) is 0 Å². The zero-order chi connectivity index (χ0) is 12.4. The number of anilines is 1. The fourth-order valence-corrected chi connectivity index (χ4v) is 1.60. The number of carbonyl (C=O) groups is 1. The average molecular weight is 248 g/mol. The predicted molar refractivity (Wildman–Crippen MR) is 66.1 cm³/mol. The maximum Gasteiger partial charge on any atom is 0.215 e. The number of nitrogens with zero attached hydrogens (tertiary/aromatic N) is 2. The van der Waals surface area contributed by atoms with Crippen molar-refractivity contribution in [2.45, 2.75) is 6.92 Å². The molecule has 0 aliphatic heterocycles. The third-order valence-electron chi connectivity index (χ3n) is 2.25. The van der Waals surface area contributed by atoms with Crippen LogP contribution in [0.2, 0.25) is 5.02 Å². The summed E-state index contributed by atoms with van der Waals surface area (Å²) >= 11 is 5.79. The summed E-state index contributed by atoms with van der Waals surface area (Å²) < 4.78 is 0. The van der Waals surface area contributed by atoms with Gasteiger partial charge in [0.1, 0.15) is 11.5 Å². The van der Waals surface area contributed by atoms with Crippen LogP contribution in [0.3, 0.4) is 0 Å². The molecule has 86 valence electrons. The molecule has 0 radical (unpaired) electrons. The molecule has 2 heterocycles. The van der Waals surface area contributed by atoms with E-state index in [4.69, 9.17) is 17.3 Å². The average Bonchev–Trinajstić information content (AvgIpc) is 2.31. The zero-order valence-corrected chi connectivity index (χ0v) is 9.90. The first-order valence-corrected chi connectivity index (χ1v) is 5.35. The van der Waals surface area contributed by atoms with Gasteiger partial charge in [0.2, 0.25) is 5.78 Å². The molecule has 2 rings (SSSR count). The Morgan fingerprint density at radius 1 is 1.41 bits per heavy atom. The highest BCUT2D eigenvalue weighted by atomic mass is 35.5. The third kappa shape index (κ3) is 2.42. The molecule has 0 saturated heterocycles. The molecular weight excluding hydrogens is 238 g/mol. The van der Waals surface area contributed by atoms with Crippen LogP contribution in [0, 0.1) is 6.92 Å². The van der Waals surface area contributed by atoms with Crippen LogP contribution in [0.15, 0.2) is 30.5 Å². The zero-order valence-electron chi connectivity index (χ0n) is 9.14. The monoisotopic (exact) mass is 247 g/mol. The molecule has 0 fully saturated rings. The van der Waals surface area contributed by atoms with E-state index in [0.29, 0.717) is 10.7 Å². The van der Waals surface area contributed by atoms with Gasteiger partial charge in [0.25, 0.3) is 0 Å². The molecule has 0 spiro atoms. The summed E-state index contributed by atoms with van der Waals surface area (Å²) in [7, 11) is 0. The van der Waals surface area contributed by atoms with Crippen LogP contribution >= 0.6 is 11.6 Å². The van der Waals surface area contributed by atoms with E-state index in [1.54, 1.807) is 12.1 Å². The van der Waals surface area contributed by atoms with E-state index in [0.717, 1.165) is 5.69 Å². The van der Waals surface area contributed by atoms with E-state index in [1.807, 2.05) is 13.0 Å². The summed E-state index contributed by atoms with van der Waals surface area (Å²) in [6.07, 6.45) is 1.40. The van der Waals surface area contributed by atoms with Crippen molar-refractivity contribution >= 4 is 23.2 Å². The van der Waals surface area contributed by atoms with E-state index in [-0.39, 0.29) is 17.2 Å². The normalized spacial score (nSPS) is 10.2. The number of pyridine rings is 2. The van der Waals surface area contributed by atoms with Crippen LogP contribution in [-0.4, -0.2) is 15.8 Å². The molecule has 0 atom stereocenters. The number of aryl methyl sites for hydroxylation is 1. The molecule has 0 unspecified atom stereocenters. The Morgan fingerprint density at radius 2 is 2.18 bits per heavy atom. The first kappa shape index (κ1) is 11.5. The Balaban J connectivity index is 2.47. The van der Waals surface area contributed by atoms with E-state index < -0.39 is 0 Å². The van der Waals surface area contributed by atoms with Crippen LogP contribution in [0.5, 0.6) is 0 Å². The van der Waals surface area contributed by atoms with Crippen molar-refractivity contribution in [1.82, 2.24) is 9.97 Å². The van der Waals surface area contributed by atoms with Gasteiger partial charge in [-0.15, -0.1) is 0 Å². The fraction of sp³-hybridized carbons (Fsp3) is 0.0833. The van der Waals surface area contributed by atoms with E-state index in [1.165, 1.54) is 12.3 Å². The molecule has 0 aliphatic rings. The van der Waals surface area contributed by atoms with Crippen LogP contribution in [0.4, 0.5) is 5.82 Å². The lowest BCUT2D eigenvalue weighted by Crippen LogP contribution is -2.09. The van der Waals surface area contributed by atoms with Gasteiger partial charge in [-0.05, 0) is 25.1 Å². The molecule has 2 aromatic rings. The van der Waals surface area contributed by atoms with Gasteiger partial charge >= 0.3 is 0 Å². The Labute approximate surface area is 103 Å². The standard InChI is InChI=1S/C12H10ClN3O/c1-7-3-2-4-10(16-7)11(17)9-5-8(13)6-15-12(9)14/h2-6H,1H3,(H2,14,15). The van der Waals surface area contributed by atoms with Gasteiger partial charge in [0.15, 0.2) is 0 Å². The minimum atomic E-state index is -0.277. The molecule has 0 aromatic carbocycles. The first-order chi connectivity index (χ1) is 8.08. The Morgan fingerprint density at radius 3 is 2.88 bits per heavy atom. The van der Waals surface area contributed by atoms with Gasteiger partial charge < -0.3 is 5.73 Å². The quantitative estimate of drug-likeness (QED) is 0.827. The van der Waals surface area contributed by atoms with Gasteiger partial charge in [-0.3, -0.25) is 4.79 Å². The smallest absolute Gasteiger partial charge is 0.215 e. The van der Waals surface area contributed by atoms with Crippen LogP contribution in [-0.2, 0) is 0 Å². The highest BCUT2D eigenvalue weighted by molar-refractivity contribution is 6.31. The second kappa shape index (κ2) is 4.51. The van der Waals surface area contributed by atoms with Gasteiger partial charge in [-0.2, -0.15) is 0 Å². The lowest BCUT2D eigenvalue weighted by atomic mass is 10.1. The number of aromatic nitrogens is 2. The van der Waals surface area contributed by atoms with E-state index in [2.05, 4.69) is 9.97 Å². The Hall–Kier alpha value is -1.94. The third-order valence-corrected chi connectivity index (χ3v) is 2.46. The van der Waals surface area contributed by atoms with Gasteiger partial charge in [-0.25, -0.2) is 9.97 Å². The van der Waals surface area contributed by atoms with E-state index in [9.17, 15) is 4.79 Å². The Bertz CT molecular complexity index is 584. The molecule has 5 heteroatoms. The first-order valence-electron chi connectivity index (χ1n) is 4.97. The number of carbonyl (C=O) groups excluding carboxylic acids is 1. The summed E-state index contributed by atoms with van der Waals surface area (Å²) in [6, 6.07) is 6.71. The topological polar surface area (TPSA) is 68.9 Å². The molecule has 4 nitrogen and oxygen atoms in total. The summed E-state index contributed by atoms with van der Waals surface area (Å²) in [5.74, 6) is -0.121. The van der Waals surface area contributed by atoms with Crippen LogP contribution in [0.25, 0.3) is 0 Å². The number of hydrogen-bond donors (Lipinski definition) is 1. The largest absolute Gasteiger partial charge is 0.383 e. The molecule has 2 aromatic heterocycles. The van der Waals surface area contributed by atoms with Crippen molar-refractivity contribution < 1.29 is 4.79 Å². The van der Waals surface area contributed by atoms with Crippen molar-refractivity contribution in [3.63, 3.8) is 0 Å². The maximum absolute atomic E-state index is 12.1. The lowest BCUT2D eigenvalue weighted by Gasteiger charge is -2.04. The predicted octanol–water partition coefficient (Wildman–Crippen LogP) is 2.25. The Kier molecular flexibility index (Phi) is 3.06. The summed E-state index contributed by atoms with van der Waals surface area (Å²) in [5, 5.41) is 0.371. The minimum absolute atomic E-state index is 0.155. The number of hydrogen-bond acceptors (Lipinski definition) is 4. The molecular formula is C12H10ClN3O. The van der Waals surface area contributed by atoms with E-state index >= 15 is 0 Å².